The Morgan fingerprint density at radius 1 is 0.288 bits per heavy atom. The van der Waals surface area contributed by atoms with E-state index >= 15 is 0 Å². The molecule has 16 aromatic rings. The maximum absolute atomic E-state index is 13.4. The number of nitrogens with zero attached hydrogens (tertiary/aromatic N) is 4. The smallest absolute Gasteiger partial charge is 0.416 e. The first kappa shape index (κ1) is 100. The van der Waals surface area contributed by atoms with Crippen molar-refractivity contribution in [2.24, 2.45) is 0 Å². The van der Waals surface area contributed by atoms with Gasteiger partial charge in [0.2, 0.25) is 0 Å². The van der Waals surface area contributed by atoms with Crippen LogP contribution in [0.4, 0.5) is 35.9 Å². The first-order valence-electron chi connectivity index (χ1n) is 48.5. The Morgan fingerprint density at radius 3 is 0.870 bits per heavy atom. The molecule has 23 heteroatoms. The first-order valence-corrected chi connectivity index (χ1v) is 54.8. The Balaban J connectivity index is 0.000000122. The van der Waals surface area contributed by atoms with Crippen molar-refractivity contribution in [3.05, 3.63) is 412 Å². The van der Waals surface area contributed by atoms with E-state index in [0.717, 1.165) is 224 Å². The quantitative estimate of drug-likeness (QED) is 0.0708. The van der Waals surface area contributed by atoms with Crippen molar-refractivity contribution in [2.75, 3.05) is 162 Å². The number of anilines is 4. The number of rotatable bonds is 19. The molecule has 23 rings (SSSR count). The Bertz CT molecular complexity index is 7420. The van der Waals surface area contributed by atoms with Crippen LogP contribution in [0.3, 0.4) is 0 Å². The van der Waals surface area contributed by atoms with Gasteiger partial charge in [-0.2, -0.15) is 13.2 Å². The fraction of sp³-hybridized carbons (Fsp3) is 0.220. The number of halogens is 5. The minimum absolute atomic E-state index is 0.596. The zero-order valence-electron chi connectivity index (χ0n) is 82.9. The van der Waals surface area contributed by atoms with Crippen LogP contribution in [0.25, 0.3) is 67.4 Å². The van der Waals surface area contributed by atoms with Crippen molar-refractivity contribution < 1.29 is 79.5 Å². The molecule has 16 aromatic carbocycles. The highest BCUT2D eigenvalue weighted by Gasteiger charge is 2.45. The standard InChI is InChI=1S/C31H26F3NO3.C31H29NO4.C31H31NO4.C30H27NO3.I2/c1-36-24-12-10-22(11-13-24)30(21-6-8-23(9-7-21)31(32,33)34)15-14-27-25-4-2-3-5-26(25)28(20-29(27)38-30)35-16-18-37-19-17-35;1-33-24-11-7-22(8-12-24)31(23-9-13-25(34-2)14-10-23)16-15-28-26-5-3-4-6-27(26)29(21-30(28)36-31)32-17-19-35-20-18-32;1-20-17-27-28(18-25(34-5)19-29(27)35-6)30-26(20)15-16-31(36-30,22-9-13-24(33-4)14-10-22)21-7-11-23(12-8-21)32(2)3;1-32-24-13-11-23(12-14-24)30(22-7-3-2-4-8-22)16-15-27-25-9-5-6-10-26(25)28(21-29(27)34-30)31-17-19-33-20-18-31;1-2/h2-15,20H,16-19H2,1H3;3-16,21H,17-20H2,1-2H3;7-19H,1-6H3;2-16,21H,17-20H2,1H3;. The van der Waals surface area contributed by atoms with Gasteiger partial charge in [-0.3, -0.25) is 0 Å². The zero-order valence-corrected chi connectivity index (χ0v) is 87.3. The third-order valence-corrected chi connectivity index (χ3v) is 28.2. The maximum Gasteiger partial charge on any atom is 0.416 e. The maximum atomic E-state index is 13.4. The molecule has 0 spiro atoms. The van der Waals surface area contributed by atoms with Gasteiger partial charge in [-0.15, -0.1) is 0 Å². The number of methoxy groups -OCH3 is 7. The van der Waals surface area contributed by atoms with Crippen LogP contribution in [0.2, 0.25) is 0 Å². The highest BCUT2D eigenvalue weighted by atomic mass is 128. The van der Waals surface area contributed by atoms with Crippen LogP contribution in [-0.2, 0) is 42.8 Å². The van der Waals surface area contributed by atoms with E-state index in [0.29, 0.717) is 36.0 Å². The van der Waals surface area contributed by atoms with Crippen LogP contribution in [0.5, 0.6) is 63.2 Å². The van der Waals surface area contributed by atoms with Gasteiger partial charge in [0.1, 0.15) is 63.2 Å². The summed E-state index contributed by atoms with van der Waals surface area (Å²) in [5, 5.41) is 8.96. The molecule has 7 heterocycles. The van der Waals surface area contributed by atoms with Gasteiger partial charge in [0, 0.05) is 231 Å². The van der Waals surface area contributed by atoms with E-state index in [9.17, 15) is 13.2 Å². The highest BCUT2D eigenvalue weighted by molar-refractivity contribution is 15.0. The number of alkyl halides is 3. The van der Waals surface area contributed by atoms with E-state index in [-0.39, 0.29) is 0 Å². The molecule has 0 amide bonds. The third-order valence-electron chi connectivity index (χ3n) is 28.2. The summed E-state index contributed by atoms with van der Waals surface area (Å²) in [7, 11) is 15.7. The molecule has 744 valence electrons. The van der Waals surface area contributed by atoms with Gasteiger partial charge >= 0.3 is 6.18 Å². The molecule has 3 unspecified atom stereocenters. The number of fused-ring (bicyclic) bond motifs is 12. The Kier molecular flexibility index (Phi) is 30.2. The second-order valence-electron chi connectivity index (χ2n) is 36.4. The SMILES string of the molecule is COc1ccc(C2(c3ccc(C(F)(F)F)cc3)C=Cc3c(cc(N4CCOCC4)c4ccccc34)O2)cc1.COc1ccc(C2(c3ccc(N(C)C)cc3)C=Cc3c(C)cc4c(OC)cc(OC)cc4c3O2)cc1.COc1ccc(C2(c3ccc(OC)cc3)C=Cc3c(cc(N4CCOCC4)c4ccccc34)O2)cc1.COc1ccc(C2(c3ccccc3)C=Cc3c(cc(N4CCOCC4)c4ccccc34)O2)cc1.II. The van der Waals surface area contributed by atoms with Crippen molar-refractivity contribution in [3.8, 4) is 63.2 Å². The van der Waals surface area contributed by atoms with Gasteiger partial charge in [-0.1, -0.05) is 194 Å². The monoisotopic (exact) mass is 2180 g/mol. The number of hydrogen-bond donors (Lipinski definition) is 0. The largest absolute Gasteiger partial charge is 0.497 e. The number of hydrogen-bond acceptors (Lipinski definition) is 18. The summed E-state index contributed by atoms with van der Waals surface area (Å²) >= 11 is 4.24. The summed E-state index contributed by atoms with van der Waals surface area (Å²) in [6, 6.07) is 102. The van der Waals surface area contributed by atoms with E-state index in [2.05, 4.69) is 282 Å². The van der Waals surface area contributed by atoms with Crippen molar-refractivity contribution in [3.63, 3.8) is 0 Å². The summed E-state index contributed by atoms with van der Waals surface area (Å²) in [5.41, 5.74) is 13.3. The Morgan fingerprint density at radius 2 is 0.568 bits per heavy atom. The molecular formula is C123H113F3I2N4O14. The van der Waals surface area contributed by atoms with Crippen LogP contribution < -0.4 is 71.7 Å². The molecule has 0 aliphatic carbocycles. The normalized spacial score (nSPS) is 17.6. The minimum Gasteiger partial charge on any atom is -0.497 e. The second-order valence-corrected chi connectivity index (χ2v) is 36.4. The van der Waals surface area contributed by atoms with Gasteiger partial charge < -0.3 is 85.9 Å². The van der Waals surface area contributed by atoms with E-state index in [1.807, 2.05) is 129 Å². The molecule has 0 bridgehead atoms. The minimum atomic E-state index is -4.42. The topological polar surface area (TPSA) is 142 Å². The molecule has 0 aromatic heterocycles. The molecular weight excluding hydrogens is 2070 g/mol. The number of ether oxygens (including phenoxy) is 14. The molecule has 7 aliphatic heterocycles. The molecule has 146 heavy (non-hydrogen) atoms. The van der Waals surface area contributed by atoms with E-state index in [1.54, 1.807) is 49.8 Å². The summed E-state index contributed by atoms with van der Waals surface area (Å²) in [6.07, 6.45) is 12.6. The van der Waals surface area contributed by atoms with Gasteiger partial charge in [-0.05, 0) is 168 Å². The molecule has 7 aliphatic rings. The predicted octanol–water partition coefficient (Wildman–Crippen LogP) is 27.5. The van der Waals surface area contributed by atoms with E-state index in [4.69, 9.17) is 66.3 Å². The highest BCUT2D eigenvalue weighted by Crippen LogP contribution is 2.55. The summed E-state index contributed by atoms with van der Waals surface area (Å²) < 4.78 is 123. The third kappa shape index (κ3) is 19.9. The van der Waals surface area contributed by atoms with Crippen molar-refractivity contribution >= 4 is 127 Å². The molecule has 3 saturated heterocycles. The molecule has 18 nitrogen and oxygen atoms in total. The van der Waals surface area contributed by atoms with Gasteiger partial charge in [0.15, 0.2) is 22.4 Å². The van der Waals surface area contributed by atoms with Gasteiger partial charge in [0.25, 0.3) is 0 Å². The van der Waals surface area contributed by atoms with Crippen LogP contribution in [0.15, 0.2) is 334 Å². The lowest BCUT2D eigenvalue weighted by molar-refractivity contribution is -0.137. The molecule has 3 atom stereocenters. The lowest BCUT2D eigenvalue weighted by Gasteiger charge is -2.38. The van der Waals surface area contributed by atoms with E-state index in [1.165, 1.54) is 45.1 Å². The molecule has 3 fully saturated rings. The van der Waals surface area contributed by atoms with E-state index < -0.39 is 34.1 Å². The number of morpholine rings is 3. The van der Waals surface area contributed by atoms with Crippen molar-refractivity contribution in [1.82, 2.24) is 0 Å². The first-order chi connectivity index (χ1) is 71.3. The fourth-order valence-electron chi connectivity index (χ4n) is 20.5. The lowest BCUT2D eigenvalue weighted by atomic mass is 9.82. The molecule has 0 radical (unpaired) electrons. The van der Waals surface area contributed by atoms with Crippen LogP contribution in [0, 0.1) is 6.92 Å². The summed E-state index contributed by atoms with van der Waals surface area (Å²) in [4.78, 5) is 9.19. The van der Waals surface area contributed by atoms with Crippen molar-refractivity contribution in [2.45, 2.75) is 35.5 Å². The lowest BCUT2D eigenvalue weighted by Crippen LogP contribution is -2.37. The predicted molar refractivity (Wildman–Crippen MR) is 596 cm³/mol. The summed E-state index contributed by atoms with van der Waals surface area (Å²) in [6.45, 7) is 11.3. The zero-order chi connectivity index (χ0) is 101. The average molecular weight is 2180 g/mol. The average Bonchev–Trinajstić information content (AvgIpc) is 0.734. The fourth-order valence-corrected chi connectivity index (χ4v) is 20.5. The number of benzene rings is 16. The van der Waals surface area contributed by atoms with Crippen LogP contribution in [0.1, 0.15) is 77.9 Å². The van der Waals surface area contributed by atoms with Crippen LogP contribution in [-0.4, -0.2) is 143 Å². The second kappa shape index (κ2) is 43.9. The van der Waals surface area contributed by atoms with Crippen LogP contribution >= 0.6 is 37.2 Å². The van der Waals surface area contributed by atoms with Gasteiger partial charge in [-0.25, -0.2) is 0 Å². The Labute approximate surface area is 872 Å². The summed E-state index contributed by atoms with van der Waals surface area (Å²) in [5.74, 6) is 8.62. The molecule has 0 saturated carbocycles. The Hall–Kier alpha value is -14.4. The number of aryl methyl sites for hydroxylation is 1. The van der Waals surface area contributed by atoms with Crippen molar-refractivity contribution in [1.29, 1.82) is 0 Å². The molecule has 0 N–H and O–H groups in total. The van der Waals surface area contributed by atoms with Gasteiger partial charge in [0.05, 0.1) is 95.0 Å².